The highest BCUT2D eigenvalue weighted by molar-refractivity contribution is 5.37. The van der Waals surface area contributed by atoms with Gasteiger partial charge in [-0.15, -0.1) is 0 Å². The molecule has 1 aromatic carbocycles. The van der Waals surface area contributed by atoms with Crippen molar-refractivity contribution < 1.29 is 15.3 Å². The molecular weight excluding hydrogens is 264 g/mol. The molecule has 3 nitrogen and oxygen atoms in total. The molecule has 0 heterocycles. The summed E-state index contributed by atoms with van der Waals surface area (Å²) in [7, 11) is 0. The van der Waals surface area contributed by atoms with Crippen LogP contribution in [0.25, 0.3) is 0 Å². The molecule has 0 aliphatic carbocycles. The molecule has 1 aromatic rings. The molecule has 0 spiro atoms. The van der Waals surface area contributed by atoms with Crippen molar-refractivity contribution in [3.63, 3.8) is 0 Å². The van der Waals surface area contributed by atoms with Gasteiger partial charge in [-0.3, -0.25) is 0 Å². The summed E-state index contributed by atoms with van der Waals surface area (Å²) in [5.74, 6) is 0.112. The van der Waals surface area contributed by atoms with E-state index in [-0.39, 0.29) is 17.4 Å². The standard InChI is InChI=1S/C18H30O3/c1-3-4-5-6-7-8-9-10-14(2)18(21)15-11-16(19)13-17(20)12-15/h11-14,18-21H,3-10H2,1-2H3. The predicted molar refractivity (Wildman–Crippen MR) is 86.5 cm³/mol. The second kappa shape index (κ2) is 9.67. The fourth-order valence-electron chi connectivity index (χ4n) is 2.70. The number of aromatic hydroxyl groups is 2. The molecule has 3 N–H and O–H groups in total. The van der Waals surface area contributed by atoms with Gasteiger partial charge in [0.1, 0.15) is 11.5 Å². The fourth-order valence-corrected chi connectivity index (χ4v) is 2.70. The minimum absolute atomic E-state index is 0.00725. The Labute approximate surface area is 128 Å². The Morgan fingerprint density at radius 2 is 1.38 bits per heavy atom. The number of aliphatic hydroxyl groups is 1. The number of rotatable bonds is 10. The van der Waals surface area contributed by atoms with Crippen LogP contribution in [0.1, 0.15) is 76.9 Å². The zero-order chi connectivity index (χ0) is 15.7. The first-order valence-corrected chi connectivity index (χ1v) is 8.25. The summed E-state index contributed by atoms with van der Waals surface area (Å²) in [5, 5.41) is 29.2. The van der Waals surface area contributed by atoms with Crippen molar-refractivity contribution in [3.05, 3.63) is 23.8 Å². The average Bonchev–Trinajstić information content (AvgIpc) is 2.44. The van der Waals surface area contributed by atoms with Crippen LogP contribution in [0.15, 0.2) is 18.2 Å². The summed E-state index contributed by atoms with van der Waals surface area (Å²) in [4.78, 5) is 0. The number of unbranched alkanes of at least 4 members (excludes halogenated alkanes) is 6. The van der Waals surface area contributed by atoms with Gasteiger partial charge in [0.25, 0.3) is 0 Å². The molecule has 0 radical (unpaired) electrons. The van der Waals surface area contributed by atoms with Gasteiger partial charge in [-0.2, -0.15) is 0 Å². The van der Waals surface area contributed by atoms with E-state index in [2.05, 4.69) is 6.92 Å². The SMILES string of the molecule is CCCCCCCCCC(C)C(O)c1cc(O)cc(O)c1. The monoisotopic (exact) mass is 294 g/mol. The van der Waals surface area contributed by atoms with E-state index in [1.807, 2.05) is 6.92 Å². The molecule has 2 atom stereocenters. The Kier molecular flexibility index (Phi) is 8.21. The van der Waals surface area contributed by atoms with Crippen LogP contribution in [0.2, 0.25) is 0 Å². The number of phenolic OH excluding ortho intramolecular Hbond substituents is 2. The predicted octanol–water partition coefficient (Wildman–Crippen LogP) is 4.91. The zero-order valence-corrected chi connectivity index (χ0v) is 13.4. The number of hydrogen-bond donors (Lipinski definition) is 3. The van der Waals surface area contributed by atoms with Crippen LogP contribution in [0.3, 0.4) is 0 Å². The molecule has 0 aromatic heterocycles. The number of hydrogen-bond acceptors (Lipinski definition) is 3. The Hall–Kier alpha value is -1.22. The first-order chi connectivity index (χ1) is 10.0. The third kappa shape index (κ3) is 6.85. The topological polar surface area (TPSA) is 60.7 Å². The van der Waals surface area contributed by atoms with Crippen molar-refractivity contribution in [3.8, 4) is 11.5 Å². The highest BCUT2D eigenvalue weighted by Crippen LogP contribution is 2.31. The van der Waals surface area contributed by atoms with Gasteiger partial charge >= 0.3 is 0 Å². The van der Waals surface area contributed by atoms with Gasteiger partial charge in [0.2, 0.25) is 0 Å². The van der Waals surface area contributed by atoms with Crippen LogP contribution < -0.4 is 0 Å². The summed E-state index contributed by atoms with van der Waals surface area (Å²) >= 11 is 0. The van der Waals surface area contributed by atoms with Crippen molar-refractivity contribution in [2.45, 2.75) is 71.3 Å². The van der Waals surface area contributed by atoms with E-state index in [1.54, 1.807) is 0 Å². The lowest BCUT2D eigenvalue weighted by atomic mass is 9.92. The maximum absolute atomic E-state index is 10.3. The first kappa shape index (κ1) is 17.8. The van der Waals surface area contributed by atoms with Crippen LogP contribution in [0.4, 0.5) is 0 Å². The van der Waals surface area contributed by atoms with Crippen LogP contribution in [0.5, 0.6) is 11.5 Å². The molecule has 21 heavy (non-hydrogen) atoms. The molecule has 0 amide bonds. The Morgan fingerprint density at radius 1 is 0.857 bits per heavy atom. The third-order valence-corrected chi connectivity index (χ3v) is 4.07. The number of benzene rings is 1. The number of phenols is 2. The molecule has 0 saturated heterocycles. The average molecular weight is 294 g/mol. The second-order valence-electron chi connectivity index (χ2n) is 6.11. The summed E-state index contributed by atoms with van der Waals surface area (Å²) < 4.78 is 0. The molecule has 0 fully saturated rings. The number of aliphatic hydroxyl groups excluding tert-OH is 1. The smallest absolute Gasteiger partial charge is 0.119 e. The van der Waals surface area contributed by atoms with Crippen molar-refractivity contribution in [1.29, 1.82) is 0 Å². The minimum atomic E-state index is -0.636. The van der Waals surface area contributed by atoms with Crippen molar-refractivity contribution in [1.82, 2.24) is 0 Å². The summed E-state index contributed by atoms with van der Waals surface area (Å²) in [6.45, 7) is 4.24. The van der Waals surface area contributed by atoms with Gasteiger partial charge in [0, 0.05) is 6.07 Å². The molecule has 0 bridgehead atoms. The lowest BCUT2D eigenvalue weighted by Crippen LogP contribution is -2.09. The van der Waals surface area contributed by atoms with Gasteiger partial charge in [-0.1, -0.05) is 58.8 Å². The highest BCUT2D eigenvalue weighted by atomic mass is 16.3. The Balaban J connectivity index is 2.29. The maximum Gasteiger partial charge on any atom is 0.119 e. The quantitative estimate of drug-likeness (QED) is 0.537. The fraction of sp³-hybridized carbons (Fsp3) is 0.667. The highest BCUT2D eigenvalue weighted by Gasteiger charge is 2.17. The van der Waals surface area contributed by atoms with E-state index in [4.69, 9.17) is 0 Å². The van der Waals surface area contributed by atoms with E-state index in [0.29, 0.717) is 5.56 Å². The zero-order valence-electron chi connectivity index (χ0n) is 13.4. The van der Waals surface area contributed by atoms with Crippen molar-refractivity contribution in [2.75, 3.05) is 0 Å². The molecule has 2 unspecified atom stereocenters. The van der Waals surface area contributed by atoms with Gasteiger partial charge in [-0.25, -0.2) is 0 Å². The molecule has 120 valence electrons. The maximum atomic E-state index is 10.3. The summed E-state index contributed by atoms with van der Waals surface area (Å²) in [6, 6.07) is 4.31. The molecular formula is C18H30O3. The van der Waals surface area contributed by atoms with Crippen molar-refractivity contribution >= 4 is 0 Å². The summed E-state index contributed by atoms with van der Waals surface area (Å²) in [6.07, 6.45) is 9.18. The van der Waals surface area contributed by atoms with Crippen LogP contribution >= 0.6 is 0 Å². The first-order valence-electron chi connectivity index (χ1n) is 8.25. The molecule has 0 aliphatic heterocycles. The molecule has 3 heteroatoms. The van der Waals surface area contributed by atoms with Crippen LogP contribution in [-0.4, -0.2) is 15.3 Å². The van der Waals surface area contributed by atoms with E-state index in [0.717, 1.165) is 12.8 Å². The third-order valence-electron chi connectivity index (χ3n) is 4.07. The molecule has 0 aliphatic rings. The van der Waals surface area contributed by atoms with Gasteiger partial charge in [0.05, 0.1) is 6.10 Å². The largest absolute Gasteiger partial charge is 0.508 e. The second-order valence-corrected chi connectivity index (χ2v) is 6.11. The lowest BCUT2D eigenvalue weighted by molar-refractivity contribution is 0.110. The summed E-state index contributed by atoms with van der Waals surface area (Å²) in [5.41, 5.74) is 0.586. The normalized spacial score (nSPS) is 14.0. The van der Waals surface area contributed by atoms with E-state index in [1.165, 1.54) is 56.7 Å². The molecule has 0 saturated carbocycles. The molecule has 1 rings (SSSR count). The lowest BCUT2D eigenvalue weighted by Gasteiger charge is -2.19. The van der Waals surface area contributed by atoms with E-state index >= 15 is 0 Å². The van der Waals surface area contributed by atoms with Crippen molar-refractivity contribution in [2.24, 2.45) is 5.92 Å². The minimum Gasteiger partial charge on any atom is -0.508 e. The van der Waals surface area contributed by atoms with Gasteiger partial charge in [0.15, 0.2) is 0 Å². The van der Waals surface area contributed by atoms with Crippen LogP contribution in [-0.2, 0) is 0 Å². The van der Waals surface area contributed by atoms with Gasteiger partial charge in [-0.05, 0) is 30.0 Å². The van der Waals surface area contributed by atoms with E-state index in [9.17, 15) is 15.3 Å². The van der Waals surface area contributed by atoms with E-state index < -0.39 is 6.10 Å². The Bertz CT molecular complexity index is 383. The van der Waals surface area contributed by atoms with Gasteiger partial charge < -0.3 is 15.3 Å². The van der Waals surface area contributed by atoms with Crippen LogP contribution in [0, 0.1) is 5.92 Å². The Morgan fingerprint density at radius 3 is 1.95 bits per heavy atom.